The molecule has 1 saturated heterocycles. The summed E-state index contributed by atoms with van der Waals surface area (Å²) in [5, 5.41) is 23.7. The van der Waals surface area contributed by atoms with Gasteiger partial charge in [0.25, 0.3) is 5.91 Å². The monoisotopic (exact) mass is 611 g/mol. The zero-order valence-corrected chi connectivity index (χ0v) is 23.9. The van der Waals surface area contributed by atoms with Gasteiger partial charge < -0.3 is 20.8 Å². The second-order valence-corrected chi connectivity index (χ2v) is 11.5. The fourth-order valence-corrected chi connectivity index (χ4v) is 5.40. The Morgan fingerprint density at radius 3 is 2.20 bits per heavy atom. The van der Waals surface area contributed by atoms with Gasteiger partial charge in [-0.3, -0.25) is 9.59 Å². The zero-order valence-electron chi connectivity index (χ0n) is 22.3. The van der Waals surface area contributed by atoms with Crippen LogP contribution < -0.4 is 5.73 Å². The Morgan fingerprint density at radius 2 is 1.62 bits per heavy atom. The molecule has 2 aromatic carbocycles. The summed E-state index contributed by atoms with van der Waals surface area (Å²) in [5.74, 6) is -0.773. The van der Waals surface area contributed by atoms with Crippen LogP contribution in [0.5, 0.6) is 0 Å². The third-order valence-corrected chi connectivity index (χ3v) is 7.38. The molecule has 11 nitrogen and oxygen atoms in total. The maximum absolute atomic E-state index is 13.5. The maximum Gasteiger partial charge on any atom is 0.432 e. The minimum atomic E-state index is -1.12. The molecule has 40 heavy (non-hydrogen) atoms. The first-order valence-electron chi connectivity index (χ1n) is 12.6. The van der Waals surface area contributed by atoms with Gasteiger partial charge in [-0.1, -0.05) is 54.9 Å². The Balaban J connectivity index is 0.000000255. The topological polar surface area (TPSA) is 161 Å². The van der Waals surface area contributed by atoms with Gasteiger partial charge in [0.2, 0.25) is 5.91 Å². The van der Waals surface area contributed by atoms with Gasteiger partial charge in [0, 0.05) is 45.4 Å². The van der Waals surface area contributed by atoms with E-state index in [1.807, 2.05) is 32.9 Å². The number of halogens is 1. The summed E-state index contributed by atoms with van der Waals surface area (Å²) in [7, 11) is 0. The molecule has 1 fully saturated rings. The van der Waals surface area contributed by atoms with Gasteiger partial charge in [-0.25, -0.2) is 14.2 Å². The number of hydrogen-bond acceptors (Lipinski definition) is 5. The van der Waals surface area contributed by atoms with E-state index in [1.165, 1.54) is 10.8 Å². The largest absolute Gasteiger partial charge is 0.464 e. The summed E-state index contributed by atoms with van der Waals surface area (Å²) in [6, 6.07) is 12.4. The Kier molecular flexibility index (Phi) is 8.01. The fourth-order valence-electron chi connectivity index (χ4n) is 5.04. The predicted octanol–water partition coefficient (Wildman–Crippen LogP) is 5.13. The molecule has 4 N–H and O–H groups in total. The number of nitrogens with zero attached hydrogens (tertiary/aromatic N) is 4. The normalized spacial score (nSPS) is 14.2. The molecule has 12 heteroatoms. The van der Waals surface area contributed by atoms with Crippen molar-refractivity contribution in [3.8, 4) is 0 Å². The third kappa shape index (κ3) is 5.57. The molecule has 0 saturated carbocycles. The molecule has 3 heterocycles. The summed E-state index contributed by atoms with van der Waals surface area (Å²) in [5.41, 5.74) is 6.80. The first kappa shape index (κ1) is 28.8. The van der Waals surface area contributed by atoms with E-state index in [0.29, 0.717) is 53.6 Å². The van der Waals surface area contributed by atoms with Gasteiger partial charge in [-0.05, 0) is 37.1 Å². The number of piperidine rings is 1. The molecule has 2 aromatic heterocycles. The lowest BCUT2D eigenvalue weighted by Gasteiger charge is -2.31. The van der Waals surface area contributed by atoms with Crippen LogP contribution in [0.4, 0.5) is 9.59 Å². The zero-order chi connectivity index (χ0) is 29.4. The van der Waals surface area contributed by atoms with E-state index < -0.39 is 17.6 Å². The van der Waals surface area contributed by atoms with Crippen molar-refractivity contribution in [1.29, 1.82) is 0 Å². The molecule has 1 aliphatic rings. The number of carbonyl (C=O) groups excluding carboxylic acids is 2. The van der Waals surface area contributed by atoms with Crippen molar-refractivity contribution in [3.63, 3.8) is 0 Å². The minimum Gasteiger partial charge on any atom is -0.464 e. The van der Waals surface area contributed by atoms with Crippen LogP contribution in [0.2, 0.25) is 0 Å². The van der Waals surface area contributed by atoms with Crippen molar-refractivity contribution >= 4 is 61.7 Å². The number of primary amides is 1. The molecular weight excluding hydrogens is 582 g/mol. The first-order valence-corrected chi connectivity index (χ1v) is 13.4. The number of amides is 2. The number of rotatable bonds is 2. The number of aromatic nitrogens is 3. The van der Waals surface area contributed by atoms with Gasteiger partial charge in [0.05, 0.1) is 22.8 Å². The molecule has 0 unspecified atom stereocenters. The van der Waals surface area contributed by atoms with Crippen molar-refractivity contribution in [3.05, 3.63) is 64.4 Å². The van der Waals surface area contributed by atoms with Crippen LogP contribution in [0.1, 0.15) is 49.7 Å². The molecule has 0 atom stereocenters. The van der Waals surface area contributed by atoms with Gasteiger partial charge >= 0.3 is 12.2 Å². The Labute approximate surface area is 238 Å². The van der Waals surface area contributed by atoms with Crippen molar-refractivity contribution in [2.24, 2.45) is 11.7 Å². The lowest BCUT2D eigenvalue weighted by molar-refractivity contribution is -0.123. The van der Waals surface area contributed by atoms with Crippen molar-refractivity contribution in [1.82, 2.24) is 19.2 Å². The summed E-state index contributed by atoms with van der Waals surface area (Å²) in [4.78, 5) is 49.3. The van der Waals surface area contributed by atoms with Crippen LogP contribution in [0.3, 0.4) is 0 Å². The smallest absolute Gasteiger partial charge is 0.432 e. The summed E-state index contributed by atoms with van der Waals surface area (Å²) >= 11 is 3.42. The van der Waals surface area contributed by atoms with E-state index >= 15 is 0 Å². The van der Waals surface area contributed by atoms with Crippen LogP contribution in [0, 0.1) is 5.92 Å². The molecule has 2 amide bonds. The van der Waals surface area contributed by atoms with Crippen LogP contribution in [0.15, 0.2) is 53.1 Å². The van der Waals surface area contributed by atoms with E-state index in [4.69, 9.17) is 10.8 Å². The van der Waals surface area contributed by atoms with Gasteiger partial charge in [0.15, 0.2) is 0 Å². The van der Waals surface area contributed by atoms with E-state index in [-0.39, 0.29) is 17.7 Å². The quantitative estimate of drug-likeness (QED) is 0.283. The highest BCUT2D eigenvalue weighted by molar-refractivity contribution is 9.10. The average molecular weight is 612 g/mol. The number of carbonyl (C=O) groups is 4. The highest BCUT2D eigenvalue weighted by Gasteiger charge is 2.35. The van der Waals surface area contributed by atoms with Crippen molar-refractivity contribution in [2.45, 2.75) is 39.0 Å². The summed E-state index contributed by atoms with van der Waals surface area (Å²) in [6.45, 7) is 6.52. The summed E-state index contributed by atoms with van der Waals surface area (Å²) < 4.78 is 2.94. The van der Waals surface area contributed by atoms with Crippen LogP contribution >= 0.6 is 15.9 Å². The first-order chi connectivity index (χ1) is 18.8. The highest BCUT2D eigenvalue weighted by Crippen LogP contribution is 2.37. The molecular formula is C28H30BrN5O6. The second-order valence-electron chi connectivity index (χ2n) is 10.6. The SMILES string of the molecule is CC(C)(C)c1c(C(=O)N2CCC(C(N)=O)CC2)c2cc(Br)ccc2n1C(=O)O.O=C(O)n1ncc2ccccc21. The van der Waals surface area contributed by atoms with Gasteiger partial charge in [-0.15, -0.1) is 0 Å². The highest BCUT2D eigenvalue weighted by atomic mass is 79.9. The predicted molar refractivity (Wildman–Crippen MR) is 153 cm³/mol. The molecule has 1 aliphatic heterocycles. The number of fused-ring (bicyclic) bond motifs is 2. The molecule has 5 rings (SSSR count). The van der Waals surface area contributed by atoms with Crippen LogP contribution in [0.25, 0.3) is 21.8 Å². The molecule has 0 spiro atoms. The molecule has 0 bridgehead atoms. The van der Waals surface area contributed by atoms with Crippen LogP contribution in [-0.2, 0) is 10.2 Å². The molecule has 0 radical (unpaired) electrons. The number of nitrogens with two attached hydrogens (primary N) is 1. The average Bonchev–Trinajstić information content (AvgIpc) is 3.48. The van der Waals surface area contributed by atoms with Gasteiger partial charge in [0.1, 0.15) is 0 Å². The van der Waals surface area contributed by atoms with E-state index in [0.717, 1.165) is 14.5 Å². The van der Waals surface area contributed by atoms with E-state index in [2.05, 4.69) is 21.0 Å². The third-order valence-electron chi connectivity index (χ3n) is 6.89. The number of benzene rings is 2. The Morgan fingerprint density at radius 1 is 0.975 bits per heavy atom. The maximum atomic E-state index is 13.5. The second kappa shape index (κ2) is 11.1. The molecule has 0 aliphatic carbocycles. The number of likely N-dealkylation sites (tertiary alicyclic amines) is 1. The minimum absolute atomic E-state index is 0.212. The lowest BCUT2D eigenvalue weighted by Crippen LogP contribution is -2.42. The standard InChI is InChI=1S/C20H24BrN3O4.C8H6N2O2/c1-20(2,3)16-15(18(26)23-8-6-11(7-9-23)17(22)25)13-10-12(21)4-5-14(13)24(16)19(27)28;11-8(12)10-7-4-2-1-3-6(7)5-9-10/h4-5,10-11H,6-9H2,1-3H3,(H2,22,25)(H,27,28);1-5H,(H,11,12). The lowest BCUT2D eigenvalue weighted by atomic mass is 9.87. The number of hydrogen-bond donors (Lipinski definition) is 3. The molecule has 4 aromatic rings. The van der Waals surface area contributed by atoms with Crippen LogP contribution in [-0.4, -0.2) is 66.6 Å². The van der Waals surface area contributed by atoms with E-state index in [1.54, 1.807) is 35.2 Å². The van der Waals surface area contributed by atoms with E-state index in [9.17, 15) is 24.3 Å². The summed E-state index contributed by atoms with van der Waals surface area (Å²) in [6.07, 6.45) is 0.393. The van der Waals surface area contributed by atoms with Crippen molar-refractivity contribution < 1.29 is 29.4 Å². The fraction of sp³-hybridized carbons (Fsp3) is 0.321. The van der Waals surface area contributed by atoms with Gasteiger partial charge in [-0.2, -0.15) is 9.78 Å². The van der Waals surface area contributed by atoms with Crippen molar-refractivity contribution in [2.75, 3.05) is 13.1 Å². The number of para-hydroxylation sites is 1. The molecule has 210 valence electrons. The Bertz CT molecular complexity index is 1630. The Hall–Kier alpha value is -4.19. The number of carboxylic acid groups (broad SMARTS) is 2.